The van der Waals surface area contributed by atoms with E-state index in [1.807, 2.05) is 0 Å². The first-order valence-corrected chi connectivity index (χ1v) is 6.28. The van der Waals surface area contributed by atoms with Crippen LogP contribution in [-0.4, -0.2) is 5.91 Å². The van der Waals surface area contributed by atoms with E-state index in [-0.39, 0.29) is 21.4 Å². The Morgan fingerprint density at radius 3 is 2.40 bits per heavy atom. The van der Waals surface area contributed by atoms with Gasteiger partial charge in [0.25, 0.3) is 0 Å². The first-order chi connectivity index (χ1) is 9.38. The molecule has 104 valence electrons. The molecule has 2 aromatic rings. The molecule has 2 aromatic carbocycles. The number of carbonyl (C=O) groups excluding carboxylic acids is 1. The second-order valence-electron chi connectivity index (χ2n) is 4.04. The molecule has 0 aromatic heterocycles. The van der Waals surface area contributed by atoms with Crippen molar-refractivity contribution >= 4 is 38.9 Å². The van der Waals surface area contributed by atoms with Crippen LogP contribution in [0.1, 0.15) is 10.4 Å². The van der Waals surface area contributed by atoms with Crippen molar-refractivity contribution in [2.75, 3.05) is 11.1 Å². The molecule has 0 aliphatic carbocycles. The van der Waals surface area contributed by atoms with Crippen LogP contribution in [0.25, 0.3) is 0 Å². The van der Waals surface area contributed by atoms with E-state index < -0.39 is 17.5 Å². The fourth-order valence-corrected chi connectivity index (χ4v) is 1.94. The fraction of sp³-hybridized carbons (Fsp3) is 0. The predicted octanol–water partition coefficient (Wildman–Crippen LogP) is 3.15. The second kappa shape index (κ2) is 5.46. The van der Waals surface area contributed by atoms with E-state index in [1.54, 1.807) is 0 Å². The van der Waals surface area contributed by atoms with E-state index in [0.717, 1.165) is 6.07 Å². The lowest BCUT2D eigenvalue weighted by atomic mass is 10.1. The number of nitrogen functional groups attached to an aromatic ring is 1. The molecule has 7 heteroatoms. The Bertz CT molecular complexity index is 692. The van der Waals surface area contributed by atoms with Crippen molar-refractivity contribution in [1.29, 1.82) is 0 Å². The van der Waals surface area contributed by atoms with Crippen LogP contribution in [0.3, 0.4) is 0 Å². The highest BCUT2D eigenvalue weighted by molar-refractivity contribution is 9.10. The Balaban J connectivity index is 2.35. The Morgan fingerprint density at radius 2 is 1.80 bits per heavy atom. The molecule has 0 aliphatic heterocycles. The number of hydrogen-bond acceptors (Lipinski definition) is 3. The molecule has 2 rings (SSSR count). The highest BCUT2D eigenvalue weighted by atomic mass is 79.9. The van der Waals surface area contributed by atoms with Gasteiger partial charge in [-0.25, -0.2) is 8.78 Å². The molecular weight excluding hydrogens is 332 g/mol. The molecule has 4 nitrogen and oxygen atoms in total. The van der Waals surface area contributed by atoms with Gasteiger partial charge in [-0.2, -0.15) is 0 Å². The summed E-state index contributed by atoms with van der Waals surface area (Å²) in [6.45, 7) is 0. The lowest BCUT2D eigenvalue weighted by Crippen LogP contribution is -2.11. The minimum absolute atomic E-state index is 0.0526. The summed E-state index contributed by atoms with van der Waals surface area (Å²) in [5.41, 5.74) is 11.8. The standard InChI is InChI=1S/C13H10BrF2N3O/c14-7-4-12(9(16)5-8(7)15)19-11-2-1-6(13(18)20)3-10(11)17/h1-5,19H,17H2,(H2,18,20). The number of hydrogen-bond donors (Lipinski definition) is 3. The lowest BCUT2D eigenvalue weighted by molar-refractivity contribution is 0.100. The third kappa shape index (κ3) is 2.88. The zero-order valence-corrected chi connectivity index (χ0v) is 11.7. The summed E-state index contributed by atoms with van der Waals surface area (Å²) in [7, 11) is 0. The molecule has 0 spiro atoms. The zero-order chi connectivity index (χ0) is 14.9. The third-order valence-electron chi connectivity index (χ3n) is 2.62. The monoisotopic (exact) mass is 341 g/mol. The summed E-state index contributed by atoms with van der Waals surface area (Å²) in [5.74, 6) is -2.08. The minimum atomic E-state index is -0.760. The van der Waals surface area contributed by atoms with Crippen LogP contribution in [-0.2, 0) is 0 Å². The maximum atomic E-state index is 13.6. The number of nitrogens with one attached hydrogen (secondary N) is 1. The highest BCUT2D eigenvalue weighted by Gasteiger charge is 2.10. The molecule has 0 saturated carbocycles. The third-order valence-corrected chi connectivity index (χ3v) is 3.22. The molecule has 0 saturated heterocycles. The number of carbonyl (C=O) groups is 1. The van der Waals surface area contributed by atoms with Crippen molar-refractivity contribution in [2.24, 2.45) is 5.73 Å². The van der Waals surface area contributed by atoms with Crippen molar-refractivity contribution in [3.05, 3.63) is 52.0 Å². The number of amides is 1. The number of halogens is 3. The van der Waals surface area contributed by atoms with E-state index in [9.17, 15) is 13.6 Å². The first-order valence-electron chi connectivity index (χ1n) is 5.49. The molecular formula is C13H10BrF2N3O. The van der Waals surface area contributed by atoms with Crippen LogP contribution in [0.15, 0.2) is 34.8 Å². The summed E-state index contributed by atoms with van der Waals surface area (Å²) in [6.07, 6.45) is 0. The van der Waals surface area contributed by atoms with Gasteiger partial charge in [0.15, 0.2) is 0 Å². The number of benzene rings is 2. The molecule has 0 heterocycles. The Morgan fingerprint density at radius 1 is 1.10 bits per heavy atom. The van der Waals surface area contributed by atoms with Gasteiger partial charge in [0.2, 0.25) is 5.91 Å². The van der Waals surface area contributed by atoms with E-state index >= 15 is 0 Å². The quantitative estimate of drug-likeness (QED) is 0.592. The smallest absolute Gasteiger partial charge is 0.248 e. The van der Waals surface area contributed by atoms with Gasteiger partial charge in [-0.1, -0.05) is 0 Å². The molecule has 0 unspecified atom stereocenters. The van der Waals surface area contributed by atoms with Crippen molar-refractivity contribution in [2.45, 2.75) is 0 Å². The molecule has 0 aliphatic rings. The summed E-state index contributed by atoms with van der Waals surface area (Å²) >= 11 is 2.97. The summed E-state index contributed by atoms with van der Waals surface area (Å²) in [5, 5.41) is 2.73. The van der Waals surface area contributed by atoms with Gasteiger partial charge in [0.1, 0.15) is 11.6 Å². The van der Waals surface area contributed by atoms with Crippen LogP contribution >= 0.6 is 15.9 Å². The van der Waals surface area contributed by atoms with Crippen LogP contribution in [0.2, 0.25) is 0 Å². The number of rotatable bonds is 3. The van der Waals surface area contributed by atoms with E-state index in [2.05, 4.69) is 21.2 Å². The van der Waals surface area contributed by atoms with E-state index in [4.69, 9.17) is 11.5 Å². The number of primary amides is 1. The van der Waals surface area contributed by atoms with Gasteiger partial charge < -0.3 is 16.8 Å². The second-order valence-corrected chi connectivity index (χ2v) is 4.89. The molecule has 0 fully saturated rings. The van der Waals surface area contributed by atoms with Crippen molar-refractivity contribution in [3.63, 3.8) is 0 Å². The average Bonchev–Trinajstić information content (AvgIpc) is 2.37. The SMILES string of the molecule is NC(=O)c1ccc(Nc2cc(Br)c(F)cc2F)c(N)c1. The first kappa shape index (κ1) is 14.3. The normalized spacial score (nSPS) is 10.3. The van der Waals surface area contributed by atoms with Gasteiger partial charge in [-0.3, -0.25) is 4.79 Å². The number of nitrogens with two attached hydrogens (primary N) is 2. The van der Waals surface area contributed by atoms with Crippen molar-refractivity contribution < 1.29 is 13.6 Å². The Kier molecular flexibility index (Phi) is 3.89. The maximum absolute atomic E-state index is 13.6. The van der Waals surface area contributed by atoms with E-state index in [0.29, 0.717) is 5.69 Å². The fourth-order valence-electron chi connectivity index (χ4n) is 1.59. The van der Waals surface area contributed by atoms with E-state index in [1.165, 1.54) is 24.3 Å². The predicted molar refractivity (Wildman–Crippen MR) is 76.7 cm³/mol. The topological polar surface area (TPSA) is 81.1 Å². The molecule has 0 radical (unpaired) electrons. The summed E-state index contributed by atoms with van der Waals surface area (Å²) < 4.78 is 26.9. The molecule has 1 amide bonds. The molecule has 0 atom stereocenters. The zero-order valence-electron chi connectivity index (χ0n) is 10.1. The minimum Gasteiger partial charge on any atom is -0.397 e. The Labute approximate surface area is 121 Å². The van der Waals surface area contributed by atoms with Crippen molar-refractivity contribution in [1.82, 2.24) is 0 Å². The summed E-state index contributed by atoms with van der Waals surface area (Å²) in [6, 6.07) is 6.33. The number of anilines is 3. The van der Waals surface area contributed by atoms with Crippen LogP contribution < -0.4 is 16.8 Å². The summed E-state index contributed by atoms with van der Waals surface area (Å²) in [4.78, 5) is 11.0. The van der Waals surface area contributed by atoms with Crippen LogP contribution in [0.4, 0.5) is 25.8 Å². The van der Waals surface area contributed by atoms with Gasteiger partial charge in [-0.05, 0) is 40.2 Å². The van der Waals surface area contributed by atoms with Gasteiger partial charge in [0, 0.05) is 11.6 Å². The van der Waals surface area contributed by atoms with Gasteiger partial charge >= 0.3 is 0 Å². The molecule has 5 N–H and O–H groups in total. The van der Waals surface area contributed by atoms with Crippen molar-refractivity contribution in [3.8, 4) is 0 Å². The largest absolute Gasteiger partial charge is 0.397 e. The maximum Gasteiger partial charge on any atom is 0.248 e. The van der Waals surface area contributed by atoms with Crippen LogP contribution in [0.5, 0.6) is 0 Å². The average molecular weight is 342 g/mol. The highest BCUT2D eigenvalue weighted by Crippen LogP contribution is 2.29. The Hall–Kier alpha value is -2.15. The molecule has 20 heavy (non-hydrogen) atoms. The lowest BCUT2D eigenvalue weighted by Gasteiger charge is -2.11. The molecule has 0 bridgehead atoms. The van der Waals surface area contributed by atoms with Gasteiger partial charge in [0.05, 0.1) is 21.5 Å². The van der Waals surface area contributed by atoms with Gasteiger partial charge in [-0.15, -0.1) is 0 Å². The van der Waals surface area contributed by atoms with Crippen LogP contribution in [0, 0.1) is 11.6 Å².